The van der Waals surface area contributed by atoms with Crippen LogP contribution in [0.1, 0.15) is 5.56 Å². The first-order valence-electron chi connectivity index (χ1n) is 9.15. The normalized spacial score (nSPS) is 10.2. The Kier molecular flexibility index (Phi) is 7.30. The molecule has 0 atom stereocenters. The van der Waals surface area contributed by atoms with Gasteiger partial charge in [-0.3, -0.25) is 9.59 Å². The molecule has 0 saturated carbocycles. The maximum absolute atomic E-state index is 12.2. The molecule has 0 radical (unpaired) electrons. The van der Waals surface area contributed by atoms with Gasteiger partial charge in [-0.2, -0.15) is 0 Å². The van der Waals surface area contributed by atoms with Gasteiger partial charge in [0.25, 0.3) is 0 Å². The second-order valence-corrected chi connectivity index (χ2v) is 7.39. The summed E-state index contributed by atoms with van der Waals surface area (Å²) in [7, 11) is 0. The Labute approximate surface area is 174 Å². The zero-order chi connectivity index (χ0) is 20.5. The minimum atomic E-state index is -0.171. The van der Waals surface area contributed by atoms with E-state index in [1.807, 2.05) is 73.7 Å². The molecule has 0 aromatic heterocycles. The molecule has 148 valence electrons. The maximum atomic E-state index is 12.2. The van der Waals surface area contributed by atoms with Crippen LogP contribution in [0, 0.1) is 6.92 Å². The van der Waals surface area contributed by atoms with Crippen molar-refractivity contribution in [1.82, 2.24) is 0 Å². The number of amides is 2. The van der Waals surface area contributed by atoms with Crippen LogP contribution in [-0.4, -0.2) is 23.3 Å². The SMILES string of the molecule is Cc1cccc(NC(=O)CSCC(=O)Nc2cccc(Oc3ccccc3)c2)c1. The van der Waals surface area contributed by atoms with Crippen molar-refractivity contribution in [3.05, 3.63) is 84.4 Å². The molecule has 5 nitrogen and oxygen atoms in total. The fraction of sp³-hybridized carbons (Fsp3) is 0.130. The van der Waals surface area contributed by atoms with E-state index in [2.05, 4.69) is 10.6 Å². The Hall–Kier alpha value is -3.25. The van der Waals surface area contributed by atoms with Crippen molar-refractivity contribution in [1.29, 1.82) is 0 Å². The molecular formula is C23H22N2O3S. The highest BCUT2D eigenvalue weighted by molar-refractivity contribution is 8.00. The number of benzene rings is 3. The highest BCUT2D eigenvalue weighted by atomic mass is 32.2. The van der Waals surface area contributed by atoms with Gasteiger partial charge in [-0.1, -0.05) is 36.4 Å². The van der Waals surface area contributed by atoms with E-state index in [4.69, 9.17) is 4.74 Å². The van der Waals surface area contributed by atoms with Crippen LogP contribution >= 0.6 is 11.8 Å². The van der Waals surface area contributed by atoms with Crippen LogP contribution < -0.4 is 15.4 Å². The Morgan fingerprint density at radius 1 is 0.759 bits per heavy atom. The van der Waals surface area contributed by atoms with Gasteiger partial charge in [0.15, 0.2) is 0 Å². The molecule has 2 amide bonds. The molecule has 29 heavy (non-hydrogen) atoms. The minimum absolute atomic E-state index is 0.133. The van der Waals surface area contributed by atoms with Crippen LogP contribution in [0.2, 0.25) is 0 Å². The van der Waals surface area contributed by atoms with Gasteiger partial charge in [0.1, 0.15) is 11.5 Å². The zero-order valence-corrected chi connectivity index (χ0v) is 16.9. The van der Waals surface area contributed by atoms with Gasteiger partial charge in [-0.15, -0.1) is 11.8 Å². The van der Waals surface area contributed by atoms with E-state index in [-0.39, 0.29) is 23.3 Å². The summed E-state index contributed by atoms with van der Waals surface area (Å²) in [6.07, 6.45) is 0. The molecule has 0 aliphatic carbocycles. The summed E-state index contributed by atoms with van der Waals surface area (Å²) in [4.78, 5) is 24.2. The van der Waals surface area contributed by atoms with Gasteiger partial charge in [0, 0.05) is 17.4 Å². The first kappa shape index (κ1) is 20.5. The lowest BCUT2D eigenvalue weighted by molar-refractivity contribution is -0.114. The van der Waals surface area contributed by atoms with E-state index in [0.717, 1.165) is 17.0 Å². The Bertz CT molecular complexity index is 977. The van der Waals surface area contributed by atoms with Crippen LogP contribution in [0.3, 0.4) is 0 Å². The third-order valence-electron chi connectivity index (χ3n) is 3.86. The van der Waals surface area contributed by atoms with E-state index >= 15 is 0 Å². The molecule has 0 unspecified atom stereocenters. The number of rotatable bonds is 8. The lowest BCUT2D eigenvalue weighted by atomic mass is 10.2. The average molecular weight is 407 g/mol. The van der Waals surface area contributed by atoms with Crippen LogP contribution in [0.15, 0.2) is 78.9 Å². The zero-order valence-electron chi connectivity index (χ0n) is 16.1. The number of nitrogens with one attached hydrogen (secondary N) is 2. The topological polar surface area (TPSA) is 67.4 Å². The molecule has 0 aliphatic rings. The monoisotopic (exact) mass is 406 g/mol. The van der Waals surface area contributed by atoms with Crippen LogP contribution in [0.25, 0.3) is 0 Å². The molecule has 0 spiro atoms. The van der Waals surface area contributed by atoms with Gasteiger partial charge in [0.05, 0.1) is 11.5 Å². The summed E-state index contributed by atoms with van der Waals surface area (Å²) in [5.41, 5.74) is 2.48. The highest BCUT2D eigenvalue weighted by Gasteiger charge is 2.08. The van der Waals surface area contributed by atoms with Crippen molar-refractivity contribution >= 4 is 35.0 Å². The van der Waals surface area contributed by atoms with Crippen molar-refractivity contribution in [2.24, 2.45) is 0 Å². The Morgan fingerprint density at radius 3 is 2.00 bits per heavy atom. The quantitative estimate of drug-likeness (QED) is 0.546. The van der Waals surface area contributed by atoms with Crippen LogP contribution in [0.4, 0.5) is 11.4 Å². The first-order chi connectivity index (χ1) is 14.1. The number of hydrogen-bond acceptors (Lipinski definition) is 4. The lowest BCUT2D eigenvalue weighted by Crippen LogP contribution is -2.18. The van der Waals surface area contributed by atoms with Gasteiger partial charge in [-0.05, 0) is 48.9 Å². The fourth-order valence-electron chi connectivity index (χ4n) is 2.62. The average Bonchev–Trinajstić information content (AvgIpc) is 2.69. The standard InChI is InChI=1S/C23H22N2O3S/c1-17-7-5-8-18(13-17)24-22(26)15-29-16-23(27)25-19-9-6-12-21(14-19)28-20-10-3-2-4-11-20/h2-14H,15-16H2,1H3,(H,24,26)(H,25,27). The number of anilines is 2. The number of para-hydroxylation sites is 1. The Morgan fingerprint density at radius 2 is 1.34 bits per heavy atom. The summed E-state index contributed by atoms with van der Waals surface area (Å²) in [5.74, 6) is 1.45. The smallest absolute Gasteiger partial charge is 0.234 e. The van der Waals surface area contributed by atoms with Crippen molar-refractivity contribution in [2.45, 2.75) is 6.92 Å². The number of aryl methyl sites for hydroxylation is 1. The van der Waals surface area contributed by atoms with Gasteiger partial charge in [0.2, 0.25) is 11.8 Å². The van der Waals surface area contributed by atoms with Crippen molar-refractivity contribution in [2.75, 3.05) is 22.1 Å². The summed E-state index contributed by atoms with van der Waals surface area (Å²) < 4.78 is 5.77. The predicted octanol–water partition coefficient (Wildman–Crippen LogP) is 5.10. The third-order valence-corrected chi connectivity index (χ3v) is 4.80. The Balaban J connectivity index is 1.43. The number of hydrogen-bond donors (Lipinski definition) is 2. The number of thioether (sulfide) groups is 1. The van der Waals surface area contributed by atoms with Crippen molar-refractivity contribution in [3.8, 4) is 11.5 Å². The summed E-state index contributed by atoms with van der Waals surface area (Å²) >= 11 is 1.26. The molecule has 0 aliphatic heterocycles. The van der Waals surface area contributed by atoms with Gasteiger partial charge >= 0.3 is 0 Å². The van der Waals surface area contributed by atoms with E-state index in [9.17, 15) is 9.59 Å². The van der Waals surface area contributed by atoms with E-state index < -0.39 is 0 Å². The summed E-state index contributed by atoms with van der Waals surface area (Å²) in [6, 6.07) is 24.2. The molecule has 0 heterocycles. The van der Waals surface area contributed by atoms with E-state index in [0.29, 0.717) is 11.4 Å². The molecule has 0 saturated heterocycles. The van der Waals surface area contributed by atoms with Gasteiger partial charge < -0.3 is 15.4 Å². The van der Waals surface area contributed by atoms with Gasteiger partial charge in [-0.25, -0.2) is 0 Å². The fourth-order valence-corrected chi connectivity index (χ4v) is 3.23. The number of carbonyl (C=O) groups is 2. The van der Waals surface area contributed by atoms with Crippen LogP contribution in [0.5, 0.6) is 11.5 Å². The number of ether oxygens (including phenoxy) is 1. The maximum Gasteiger partial charge on any atom is 0.234 e. The molecule has 3 aromatic carbocycles. The largest absolute Gasteiger partial charge is 0.457 e. The minimum Gasteiger partial charge on any atom is -0.457 e. The third kappa shape index (κ3) is 7.01. The summed E-state index contributed by atoms with van der Waals surface area (Å²) in [5, 5.41) is 5.66. The molecule has 0 bridgehead atoms. The number of carbonyl (C=O) groups excluding carboxylic acids is 2. The molecule has 3 rings (SSSR count). The second kappa shape index (κ2) is 10.3. The van der Waals surface area contributed by atoms with E-state index in [1.54, 1.807) is 12.1 Å². The lowest BCUT2D eigenvalue weighted by Gasteiger charge is -2.09. The first-order valence-corrected chi connectivity index (χ1v) is 10.3. The predicted molar refractivity (Wildman–Crippen MR) is 119 cm³/mol. The van der Waals surface area contributed by atoms with Crippen LogP contribution in [-0.2, 0) is 9.59 Å². The molecule has 2 N–H and O–H groups in total. The molecule has 3 aromatic rings. The summed E-state index contributed by atoms with van der Waals surface area (Å²) in [6.45, 7) is 1.97. The molecule has 0 fully saturated rings. The van der Waals surface area contributed by atoms with Crippen molar-refractivity contribution in [3.63, 3.8) is 0 Å². The highest BCUT2D eigenvalue weighted by Crippen LogP contribution is 2.24. The van der Waals surface area contributed by atoms with E-state index in [1.165, 1.54) is 11.8 Å². The molecular weight excluding hydrogens is 384 g/mol. The molecule has 6 heteroatoms. The second-order valence-electron chi connectivity index (χ2n) is 6.40. The van der Waals surface area contributed by atoms with Crippen molar-refractivity contribution < 1.29 is 14.3 Å².